The Morgan fingerprint density at radius 1 is 1.07 bits per heavy atom. The Morgan fingerprint density at radius 2 is 1.78 bits per heavy atom. The van der Waals surface area contributed by atoms with Gasteiger partial charge < -0.3 is 10.4 Å². The van der Waals surface area contributed by atoms with Crippen LogP contribution < -0.4 is 10.6 Å². The van der Waals surface area contributed by atoms with Crippen LogP contribution in [0.4, 0.5) is 38.3 Å². The molecule has 1 unspecified atom stereocenters. The summed E-state index contributed by atoms with van der Waals surface area (Å²) in [4.78, 5) is 16.1. The number of benzene rings is 3. The van der Waals surface area contributed by atoms with E-state index in [0.29, 0.717) is 58.5 Å². The first-order valence-electron chi connectivity index (χ1n) is 12.8. The first-order chi connectivity index (χ1) is 19.3. The molecule has 214 valence electrons. The van der Waals surface area contributed by atoms with Gasteiger partial charge in [-0.2, -0.15) is 13.2 Å². The normalized spacial score (nSPS) is 16.5. The molecule has 1 atom stereocenters. The summed E-state index contributed by atoms with van der Waals surface area (Å²) in [6.07, 6.45) is -3.09. The molecule has 0 saturated heterocycles. The van der Waals surface area contributed by atoms with Gasteiger partial charge in [-0.25, -0.2) is 18.6 Å². The fraction of sp³-hybridized carbons (Fsp3) is 0.267. The predicted octanol–water partition coefficient (Wildman–Crippen LogP) is 8.85. The van der Waals surface area contributed by atoms with E-state index in [9.17, 15) is 27.5 Å². The van der Waals surface area contributed by atoms with Crippen LogP contribution in [0.25, 0.3) is 11.1 Å². The second-order valence-corrected chi connectivity index (χ2v) is 11.5. The quantitative estimate of drug-likeness (QED) is 0.165. The number of alkyl halides is 3. The van der Waals surface area contributed by atoms with Crippen LogP contribution in [-0.4, -0.2) is 16.1 Å². The number of fused-ring (bicyclic) bond motifs is 1. The highest BCUT2D eigenvalue weighted by atomic mass is 32.1. The third kappa shape index (κ3) is 5.90. The molecule has 4 aromatic rings. The molecule has 0 bridgehead atoms. The minimum atomic E-state index is -4.61. The number of para-hydroxylation sites is 1. The molecule has 0 spiro atoms. The Hall–Kier alpha value is -3.99. The number of rotatable bonds is 4. The van der Waals surface area contributed by atoms with E-state index in [0.717, 1.165) is 17.0 Å². The molecule has 5 nitrogen and oxygen atoms in total. The number of hydrogen-bond donors (Lipinski definition) is 3. The van der Waals surface area contributed by atoms with Gasteiger partial charge in [0.2, 0.25) is 0 Å². The number of aromatic nitrogens is 1. The average Bonchev–Trinajstić information content (AvgIpc) is 3.31. The van der Waals surface area contributed by atoms with Crippen LogP contribution in [0.2, 0.25) is 0 Å². The second-order valence-electron chi connectivity index (χ2n) is 10.6. The van der Waals surface area contributed by atoms with Crippen molar-refractivity contribution in [2.75, 3.05) is 10.6 Å². The number of amides is 2. The number of hydrogen-bond acceptors (Lipinski definition) is 4. The van der Waals surface area contributed by atoms with Crippen LogP contribution >= 0.6 is 11.3 Å². The molecule has 0 aliphatic heterocycles. The van der Waals surface area contributed by atoms with Gasteiger partial charge in [-0.1, -0.05) is 44.2 Å². The zero-order chi connectivity index (χ0) is 29.5. The lowest BCUT2D eigenvalue weighted by Crippen LogP contribution is -2.24. The minimum absolute atomic E-state index is 0.131. The fourth-order valence-electron chi connectivity index (χ4n) is 5.68. The van der Waals surface area contributed by atoms with Crippen molar-refractivity contribution < 1.29 is 31.9 Å². The Balaban J connectivity index is 1.44. The van der Waals surface area contributed by atoms with Crippen LogP contribution in [-0.2, 0) is 18.0 Å². The summed E-state index contributed by atoms with van der Waals surface area (Å²) in [7, 11) is 0. The number of urea groups is 1. The molecule has 41 heavy (non-hydrogen) atoms. The van der Waals surface area contributed by atoms with Crippen LogP contribution in [0.15, 0.2) is 60.0 Å². The molecule has 1 aliphatic carbocycles. The zero-order valence-electron chi connectivity index (χ0n) is 22.1. The highest BCUT2D eigenvalue weighted by Gasteiger charge is 2.37. The SMILES string of the molecule is CC1(C)CC(c2ccccc2NC(=O)Nc2csc(C(F)(F)F)n2)CCc2c(O)cc(F)c(-c3ccc(F)cc3)c21. The maximum Gasteiger partial charge on any atom is 0.443 e. The Bertz CT molecular complexity index is 1600. The lowest BCUT2D eigenvalue weighted by Gasteiger charge is -2.32. The first kappa shape index (κ1) is 28.5. The van der Waals surface area contributed by atoms with E-state index < -0.39 is 34.3 Å². The van der Waals surface area contributed by atoms with Gasteiger partial charge in [-0.15, -0.1) is 11.3 Å². The van der Waals surface area contributed by atoms with E-state index in [1.807, 2.05) is 26.0 Å². The molecule has 1 heterocycles. The first-order valence-corrected chi connectivity index (χ1v) is 13.7. The van der Waals surface area contributed by atoms with E-state index in [1.165, 1.54) is 24.3 Å². The van der Waals surface area contributed by atoms with Gasteiger partial charge in [0.25, 0.3) is 0 Å². The number of nitrogens with zero attached hydrogens (tertiary/aromatic N) is 1. The van der Waals surface area contributed by atoms with Gasteiger partial charge in [-0.3, -0.25) is 5.32 Å². The number of carbonyl (C=O) groups excluding carboxylic acids is 1. The number of anilines is 2. The summed E-state index contributed by atoms with van der Waals surface area (Å²) in [6, 6.07) is 13.0. The van der Waals surface area contributed by atoms with Gasteiger partial charge in [0.15, 0.2) is 5.01 Å². The van der Waals surface area contributed by atoms with Gasteiger partial charge >= 0.3 is 12.2 Å². The summed E-state index contributed by atoms with van der Waals surface area (Å²) in [6.45, 7) is 3.92. The maximum atomic E-state index is 15.4. The van der Waals surface area contributed by atoms with Gasteiger partial charge in [0.1, 0.15) is 23.2 Å². The number of phenolic OH excluding ortho intramolecular Hbond substituents is 1. The van der Waals surface area contributed by atoms with E-state index in [4.69, 9.17) is 0 Å². The summed E-state index contributed by atoms with van der Waals surface area (Å²) in [5.41, 5.74) is 2.70. The summed E-state index contributed by atoms with van der Waals surface area (Å²) >= 11 is 0.385. The third-order valence-corrected chi connectivity index (χ3v) is 8.20. The van der Waals surface area contributed by atoms with Crippen molar-refractivity contribution in [1.82, 2.24) is 4.98 Å². The molecule has 0 saturated carbocycles. The molecule has 0 radical (unpaired) electrons. The number of carbonyl (C=O) groups is 1. The van der Waals surface area contributed by atoms with Crippen LogP contribution in [0.1, 0.15) is 54.3 Å². The number of nitrogens with one attached hydrogen (secondary N) is 2. The minimum Gasteiger partial charge on any atom is -0.508 e. The van der Waals surface area contributed by atoms with Crippen molar-refractivity contribution in [2.24, 2.45) is 0 Å². The lowest BCUT2D eigenvalue weighted by molar-refractivity contribution is -0.137. The molecule has 1 aromatic heterocycles. The van der Waals surface area contributed by atoms with Crippen LogP contribution in [0.5, 0.6) is 5.75 Å². The fourth-order valence-corrected chi connectivity index (χ4v) is 6.30. The number of phenols is 1. The maximum absolute atomic E-state index is 15.4. The Morgan fingerprint density at radius 3 is 2.46 bits per heavy atom. The van der Waals surface area contributed by atoms with E-state index >= 15 is 4.39 Å². The highest BCUT2D eigenvalue weighted by Crippen LogP contribution is 2.50. The van der Waals surface area contributed by atoms with Crippen molar-refractivity contribution >= 4 is 28.9 Å². The van der Waals surface area contributed by atoms with Crippen molar-refractivity contribution in [3.8, 4) is 16.9 Å². The van der Waals surface area contributed by atoms with Crippen LogP contribution in [0.3, 0.4) is 0 Å². The summed E-state index contributed by atoms with van der Waals surface area (Å²) in [5, 5.41) is 15.9. The predicted molar refractivity (Wildman–Crippen MR) is 148 cm³/mol. The lowest BCUT2D eigenvalue weighted by atomic mass is 9.73. The summed E-state index contributed by atoms with van der Waals surface area (Å²) < 4.78 is 67.7. The van der Waals surface area contributed by atoms with Crippen molar-refractivity contribution in [3.05, 3.63) is 93.3 Å². The molecular formula is C30H26F5N3O2S. The average molecular weight is 588 g/mol. The molecule has 5 rings (SSSR count). The number of halogens is 5. The van der Waals surface area contributed by atoms with Gasteiger partial charge in [0.05, 0.1) is 0 Å². The van der Waals surface area contributed by atoms with Gasteiger partial charge in [-0.05, 0) is 71.0 Å². The van der Waals surface area contributed by atoms with E-state index in [1.54, 1.807) is 12.1 Å². The van der Waals surface area contributed by atoms with E-state index in [-0.39, 0.29) is 17.5 Å². The highest BCUT2D eigenvalue weighted by molar-refractivity contribution is 7.10. The summed E-state index contributed by atoms with van der Waals surface area (Å²) in [5.74, 6) is -1.54. The molecule has 3 N–H and O–H groups in total. The zero-order valence-corrected chi connectivity index (χ0v) is 22.9. The molecule has 1 aliphatic rings. The molecule has 0 fully saturated rings. The molecule has 11 heteroatoms. The molecular weight excluding hydrogens is 561 g/mol. The largest absolute Gasteiger partial charge is 0.508 e. The standard InChI is InChI=1S/C30H26F5N3O2S/c1-29(2)14-17(9-12-20-23(39)13-21(32)25(26(20)29)16-7-10-18(31)11-8-16)19-5-3-4-6-22(19)36-28(40)38-24-15-41-27(37-24)30(33,34)35/h3-8,10-11,13,15,17,39H,9,12,14H2,1-2H3,(H2,36,38,40). The smallest absolute Gasteiger partial charge is 0.443 e. The van der Waals surface area contributed by atoms with Crippen molar-refractivity contribution in [2.45, 2.75) is 50.6 Å². The van der Waals surface area contributed by atoms with E-state index in [2.05, 4.69) is 15.6 Å². The third-order valence-electron chi connectivity index (χ3n) is 7.31. The van der Waals surface area contributed by atoms with Gasteiger partial charge in [0, 0.05) is 22.7 Å². The second kappa shape index (κ2) is 10.8. The monoisotopic (exact) mass is 587 g/mol. The number of aromatic hydroxyl groups is 1. The van der Waals surface area contributed by atoms with Crippen LogP contribution in [0, 0.1) is 11.6 Å². The topological polar surface area (TPSA) is 74.2 Å². The Kier molecular flexibility index (Phi) is 7.50. The van der Waals surface area contributed by atoms with Crippen molar-refractivity contribution in [3.63, 3.8) is 0 Å². The molecule has 2 amide bonds. The molecule has 3 aromatic carbocycles. The van der Waals surface area contributed by atoms with Crippen molar-refractivity contribution in [1.29, 1.82) is 0 Å². The number of thiazole rings is 1. The Labute approximate surface area is 237 Å².